The highest BCUT2D eigenvalue weighted by Gasteiger charge is 2.24. The molecule has 4 aromatic rings. The van der Waals surface area contributed by atoms with Gasteiger partial charge < -0.3 is 9.47 Å². The summed E-state index contributed by atoms with van der Waals surface area (Å²) in [5.41, 5.74) is 5.43. The molecule has 1 aliphatic rings. The van der Waals surface area contributed by atoms with Crippen molar-refractivity contribution >= 4 is 46.0 Å². The molecular formula is C24H20ClN3OS. The van der Waals surface area contributed by atoms with Crippen LogP contribution in [0.4, 0.5) is 5.69 Å². The molecule has 0 aliphatic carbocycles. The van der Waals surface area contributed by atoms with Gasteiger partial charge in [-0.3, -0.25) is 4.79 Å². The summed E-state index contributed by atoms with van der Waals surface area (Å²) in [5, 5.41) is 1.58. The molecule has 4 nitrogen and oxygen atoms in total. The van der Waals surface area contributed by atoms with Crippen LogP contribution in [0.2, 0.25) is 5.02 Å². The molecule has 1 amide bonds. The van der Waals surface area contributed by atoms with Crippen LogP contribution < -0.4 is 4.90 Å². The Hall–Kier alpha value is -2.76. The molecule has 30 heavy (non-hydrogen) atoms. The number of carbonyl (C=O) groups is 1. The first-order valence-electron chi connectivity index (χ1n) is 9.90. The van der Waals surface area contributed by atoms with Gasteiger partial charge in [0, 0.05) is 17.3 Å². The Kier molecular flexibility index (Phi) is 5.23. The SMILES string of the molecule is O=C(CSc1nc2ccccc2n1Cc1ccc(Cl)cc1)N1CCc2ccccc21. The van der Waals surface area contributed by atoms with Crippen LogP contribution in [0.5, 0.6) is 0 Å². The van der Waals surface area contributed by atoms with Gasteiger partial charge in [-0.15, -0.1) is 0 Å². The lowest BCUT2D eigenvalue weighted by Crippen LogP contribution is -2.30. The molecule has 0 atom stereocenters. The van der Waals surface area contributed by atoms with E-state index >= 15 is 0 Å². The average molecular weight is 434 g/mol. The summed E-state index contributed by atoms with van der Waals surface area (Å²) < 4.78 is 2.18. The van der Waals surface area contributed by atoms with Crippen molar-refractivity contribution in [2.24, 2.45) is 0 Å². The van der Waals surface area contributed by atoms with Crippen LogP contribution in [0.3, 0.4) is 0 Å². The molecule has 5 rings (SSSR count). The topological polar surface area (TPSA) is 38.1 Å². The summed E-state index contributed by atoms with van der Waals surface area (Å²) in [6.45, 7) is 1.43. The zero-order valence-corrected chi connectivity index (χ0v) is 17.9. The summed E-state index contributed by atoms with van der Waals surface area (Å²) in [6.07, 6.45) is 0.918. The molecule has 0 spiro atoms. The third-order valence-electron chi connectivity index (χ3n) is 5.39. The maximum atomic E-state index is 13.0. The first-order chi connectivity index (χ1) is 14.7. The van der Waals surface area contributed by atoms with E-state index in [9.17, 15) is 4.79 Å². The zero-order chi connectivity index (χ0) is 20.5. The van der Waals surface area contributed by atoms with E-state index in [0.717, 1.165) is 45.4 Å². The van der Waals surface area contributed by atoms with E-state index in [2.05, 4.69) is 16.7 Å². The third kappa shape index (κ3) is 3.71. The van der Waals surface area contributed by atoms with Crippen molar-refractivity contribution in [1.82, 2.24) is 9.55 Å². The summed E-state index contributed by atoms with van der Waals surface area (Å²) in [7, 11) is 0. The second-order valence-electron chi connectivity index (χ2n) is 7.31. The molecule has 0 bridgehead atoms. The number of halogens is 1. The van der Waals surface area contributed by atoms with Gasteiger partial charge >= 0.3 is 0 Å². The van der Waals surface area contributed by atoms with Gasteiger partial charge in [-0.2, -0.15) is 0 Å². The van der Waals surface area contributed by atoms with Crippen LogP contribution in [0.1, 0.15) is 11.1 Å². The Bertz CT molecular complexity index is 1220. The molecular weight excluding hydrogens is 414 g/mol. The molecule has 1 aliphatic heterocycles. The monoisotopic (exact) mass is 433 g/mol. The van der Waals surface area contributed by atoms with E-state index < -0.39 is 0 Å². The predicted molar refractivity (Wildman–Crippen MR) is 124 cm³/mol. The van der Waals surface area contributed by atoms with Crippen molar-refractivity contribution in [3.8, 4) is 0 Å². The minimum Gasteiger partial charge on any atom is -0.314 e. The van der Waals surface area contributed by atoms with Crippen molar-refractivity contribution < 1.29 is 4.79 Å². The fourth-order valence-electron chi connectivity index (χ4n) is 3.89. The number of hydrogen-bond acceptors (Lipinski definition) is 3. The van der Waals surface area contributed by atoms with Gasteiger partial charge in [-0.1, -0.05) is 65.8 Å². The number of hydrogen-bond donors (Lipinski definition) is 0. The summed E-state index contributed by atoms with van der Waals surface area (Å²) in [6, 6.07) is 24.1. The predicted octanol–water partition coefficient (Wildman–Crippen LogP) is 5.42. The number of amides is 1. The van der Waals surface area contributed by atoms with E-state index in [1.807, 2.05) is 65.6 Å². The number of fused-ring (bicyclic) bond motifs is 2. The van der Waals surface area contributed by atoms with Crippen molar-refractivity contribution in [1.29, 1.82) is 0 Å². The smallest absolute Gasteiger partial charge is 0.237 e. The lowest BCUT2D eigenvalue weighted by atomic mass is 10.2. The molecule has 2 heterocycles. The maximum Gasteiger partial charge on any atom is 0.237 e. The Morgan fingerprint density at radius 1 is 1.00 bits per heavy atom. The lowest BCUT2D eigenvalue weighted by Gasteiger charge is -2.17. The van der Waals surface area contributed by atoms with E-state index in [1.165, 1.54) is 17.3 Å². The van der Waals surface area contributed by atoms with Crippen LogP contribution in [-0.4, -0.2) is 27.8 Å². The fourth-order valence-corrected chi connectivity index (χ4v) is 4.91. The Labute approximate surface area is 184 Å². The number of anilines is 1. The molecule has 3 aromatic carbocycles. The highest BCUT2D eigenvalue weighted by Crippen LogP contribution is 2.30. The Morgan fingerprint density at radius 2 is 1.77 bits per heavy atom. The normalized spacial score (nSPS) is 13.0. The number of benzene rings is 3. The standard InChI is InChI=1S/C24H20ClN3OS/c25-19-11-9-17(10-12-19)15-28-22-8-4-2-6-20(22)26-24(28)30-16-23(29)27-14-13-18-5-1-3-7-21(18)27/h1-12H,13-16H2. The fraction of sp³-hybridized carbons (Fsp3) is 0.167. The first kappa shape index (κ1) is 19.2. The van der Waals surface area contributed by atoms with Crippen molar-refractivity contribution in [3.63, 3.8) is 0 Å². The van der Waals surface area contributed by atoms with Crippen molar-refractivity contribution in [3.05, 3.63) is 88.9 Å². The quantitative estimate of drug-likeness (QED) is 0.394. The van der Waals surface area contributed by atoms with Gasteiger partial charge in [0.25, 0.3) is 0 Å². The van der Waals surface area contributed by atoms with Crippen LogP contribution in [0, 0.1) is 0 Å². The molecule has 0 saturated heterocycles. The molecule has 0 unspecified atom stereocenters. The molecule has 6 heteroatoms. The van der Waals surface area contributed by atoms with Crippen molar-refractivity contribution in [2.45, 2.75) is 18.1 Å². The minimum atomic E-state index is 0.120. The van der Waals surface area contributed by atoms with Crippen LogP contribution in [-0.2, 0) is 17.8 Å². The third-order valence-corrected chi connectivity index (χ3v) is 6.60. The number of aromatic nitrogens is 2. The minimum absolute atomic E-state index is 0.120. The second-order valence-corrected chi connectivity index (χ2v) is 8.69. The molecule has 0 fully saturated rings. The lowest BCUT2D eigenvalue weighted by molar-refractivity contribution is -0.116. The van der Waals surface area contributed by atoms with Gasteiger partial charge in [0.05, 0.1) is 23.3 Å². The number of carbonyl (C=O) groups excluding carboxylic acids is 1. The Balaban J connectivity index is 1.39. The number of thioether (sulfide) groups is 1. The highest BCUT2D eigenvalue weighted by atomic mass is 35.5. The van der Waals surface area contributed by atoms with E-state index in [0.29, 0.717) is 12.3 Å². The molecule has 0 saturated carbocycles. The van der Waals surface area contributed by atoms with Crippen molar-refractivity contribution in [2.75, 3.05) is 17.2 Å². The second kappa shape index (κ2) is 8.17. The van der Waals surface area contributed by atoms with Gasteiger partial charge in [0.15, 0.2) is 5.16 Å². The van der Waals surface area contributed by atoms with E-state index in [1.54, 1.807) is 0 Å². The number of para-hydroxylation sites is 3. The molecule has 1 aromatic heterocycles. The number of imidazole rings is 1. The zero-order valence-electron chi connectivity index (χ0n) is 16.3. The van der Waals surface area contributed by atoms with E-state index in [-0.39, 0.29) is 5.91 Å². The number of nitrogens with zero attached hydrogens (tertiary/aromatic N) is 3. The first-order valence-corrected chi connectivity index (χ1v) is 11.3. The molecule has 0 radical (unpaired) electrons. The molecule has 0 N–H and O–H groups in total. The van der Waals surface area contributed by atoms with Crippen LogP contribution in [0.25, 0.3) is 11.0 Å². The maximum absolute atomic E-state index is 13.0. The van der Waals surface area contributed by atoms with Gasteiger partial charge in [0.2, 0.25) is 5.91 Å². The largest absolute Gasteiger partial charge is 0.314 e. The van der Waals surface area contributed by atoms with Crippen LogP contribution in [0.15, 0.2) is 78.0 Å². The summed E-state index contributed by atoms with van der Waals surface area (Å²) in [4.78, 5) is 19.7. The van der Waals surface area contributed by atoms with Gasteiger partial charge in [-0.25, -0.2) is 4.98 Å². The van der Waals surface area contributed by atoms with Gasteiger partial charge in [0.1, 0.15) is 0 Å². The Morgan fingerprint density at radius 3 is 2.63 bits per heavy atom. The van der Waals surface area contributed by atoms with Crippen LogP contribution >= 0.6 is 23.4 Å². The average Bonchev–Trinajstić information content (AvgIpc) is 3.35. The molecule has 150 valence electrons. The number of rotatable bonds is 5. The summed E-state index contributed by atoms with van der Waals surface area (Å²) >= 11 is 7.54. The summed E-state index contributed by atoms with van der Waals surface area (Å²) in [5.74, 6) is 0.480. The van der Waals surface area contributed by atoms with E-state index in [4.69, 9.17) is 16.6 Å². The van der Waals surface area contributed by atoms with Gasteiger partial charge in [-0.05, 0) is 47.9 Å². The highest BCUT2D eigenvalue weighted by molar-refractivity contribution is 7.99.